The Hall–Kier alpha value is -2.44. The fourth-order valence-electron chi connectivity index (χ4n) is 2.31. The average Bonchev–Trinajstić information content (AvgIpc) is 2.62. The minimum Gasteiger partial charge on any atom is -0.490 e. The van der Waals surface area contributed by atoms with Gasteiger partial charge in [0.15, 0.2) is 17.5 Å². The minimum absolute atomic E-state index is 0.0887. The lowest BCUT2D eigenvalue weighted by Gasteiger charge is -2.15. The van der Waals surface area contributed by atoms with Crippen LogP contribution in [0.5, 0.6) is 11.5 Å². The number of hydrogen-bond acceptors (Lipinski definition) is 4. The van der Waals surface area contributed by atoms with Crippen molar-refractivity contribution in [3.05, 3.63) is 23.8 Å². The highest BCUT2D eigenvalue weighted by Gasteiger charge is 2.07. The van der Waals surface area contributed by atoms with Gasteiger partial charge in [-0.3, -0.25) is 9.79 Å². The standard InChI is InChI=1S/C19H32N4O3/c1-6-25-16-9-8-15(14-17(16)26-7-2)10-12-21-19(20-3)22-13-11-18(24)23(4)5/h8-9,14H,6-7,10-13H2,1-5H3,(H2,20,21,22). The van der Waals surface area contributed by atoms with Gasteiger partial charge < -0.3 is 25.0 Å². The van der Waals surface area contributed by atoms with Crippen molar-refractivity contribution >= 4 is 11.9 Å². The summed E-state index contributed by atoms with van der Waals surface area (Å²) in [4.78, 5) is 17.3. The van der Waals surface area contributed by atoms with Gasteiger partial charge >= 0.3 is 0 Å². The molecular weight excluding hydrogens is 332 g/mol. The molecule has 1 amide bonds. The second-order valence-electron chi connectivity index (χ2n) is 5.86. The van der Waals surface area contributed by atoms with E-state index >= 15 is 0 Å². The molecule has 1 aromatic carbocycles. The highest BCUT2D eigenvalue weighted by atomic mass is 16.5. The molecule has 0 bridgehead atoms. The molecule has 0 atom stereocenters. The maximum absolute atomic E-state index is 11.6. The number of amides is 1. The third-order valence-corrected chi connectivity index (χ3v) is 3.67. The van der Waals surface area contributed by atoms with Gasteiger partial charge in [-0.05, 0) is 38.0 Å². The van der Waals surface area contributed by atoms with Crippen molar-refractivity contribution in [2.75, 3.05) is 47.4 Å². The van der Waals surface area contributed by atoms with E-state index < -0.39 is 0 Å². The number of nitrogens with zero attached hydrogens (tertiary/aromatic N) is 2. The summed E-state index contributed by atoms with van der Waals surface area (Å²) >= 11 is 0. The molecule has 0 fully saturated rings. The number of nitrogens with one attached hydrogen (secondary N) is 2. The Morgan fingerprint density at radius 1 is 1.08 bits per heavy atom. The lowest BCUT2D eigenvalue weighted by molar-refractivity contribution is -0.128. The number of guanidine groups is 1. The van der Waals surface area contributed by atoms with Crippen LogP contribution in [0.3, 0.4) is 0 Å². The molecule has 0 unspecified atom stereocenters. The normalized spacial score (nSPS) is 11.0. The van der Waals surface area contributed by atoms with E-state index in [1.807, 2.05) is 32.0 Å². The van der Waals surface area contributed by atoms with Gasteiger partial charge in [-0.1, -0.05) is 6.07 Å². The van der Waals surface area contributed by atoms with Crippen molar-refractivity contribution in [2.24, 2.45) is 4.99 Å². The lowest BCUT2D eigenvalue weighted by atomic mass is 10.1. The van der Waals surface area contributed by atoms with Crippen molar-refractivity contribution in [3.8, 4) is 11.5 Å². The van der Waals surface area contributed by atoms with Crippen LogP contribution in [0.2, 0.25) is 0 Å². The maximum Gasteiger partial charge on any atom is 0.223 e. The number of aliphatic imine (C=N–C) groups is 1. The zero-order valence-electron chi connectivity index (χ0n) is 16.6. The summed E-state index contributed by atoms with van der Waals surface area (Å²) in [6.07, 6.45) is 1.26. The Labute approximate surface area is 156 Å². The molecule has 146 valence electrons. The van der Waals surface area contributed by atoms with E-state index in [1.165, 1.54) is 0 Å². The maximum atomic E-state index is 11.6. The van der Waals surface area contributed by atoms with Gasteiger partial charge in [0.25, 0.3) is 0 Å². The van der Waals surface area contributed by atoms with E-state index in [9.17, 15) is 4.79 Å². The number of carbonyl (C=O) groups is 1. The molecular formula is C19H32N4O3. The van der Waals surface area contributed by atoms with Crippen molar-refractivity contribution in [1.82, 2.24) is 15.5 Å². The van der Waals surface area contributed by atoms with Crippen molar-refractivity contribution in [1.29, 1.82) is 0 Å². The Kier molecular flexibility index (Phi) is 9.97. The Bertz CT molecular complexity index is 588. The Morgan fingerprint density at radius 3 is 2.35 bits per heavy atom. The summed E-state index contributed by atoms with van der Waals surface area (Å²) in [7, 11) is 5.22. The SMILES string of the molecule is CCOc1ccc(CCNC(=NC)NCCC(=O)N(C)C)cc1OCC. The van der Waals surface area contributed by atoms with Crippen molar-refractivity contribution < 1.29 is 14.3 Å². The summed E-state index contributed by atoms with van der Waals surface area (Å²) in [6.45, 7) is 6.40. The molecule has 7 heteroatoms. The molecule has 1 rings (SSSR count). The van der Waals surface area contributed by atoms with Crippen LogP contribution >= 0.6 is 0 Å². The molecule has 0 radical (unpaired) electrons. The Morgan fingerprint density at radius 2 is 1.73 bits per heavy atom. The first-order valence-electron chi connectivity index (χ1n) is 9.05. The molecule has 0 aromatic heterocycles. The van der Waals surface area contributed by atoms with Gasteiger partial charge in [-0.2, -0.15) is 0 Å². The van der Waals surface area contributed by atoms with Crippen LogP contribution in [0.15, 0.2) is 23.2 Å². The van der Waals surface area contributed by atoms with Gasteiger partial charge in [0.05, 0.1) is 13.2 Å². The van der Waals surface area contributed by atoms with Crippen LogP contribution in [0.25, 0.3) is 0 Å². The summed E-state index contributed by atoms with van der Waals surface area (Å²) in [5, 5.41) is 6.40. The third-order valence-electron chi connectivity index (χ3n) is 3.67. The van der Waals surface area contributed by atoms with Crippen LogP contribution in [0.1, 0.15) is 25.8 Å². The fourth-order valence-corrected chi connectivity index (χ4v) is 2.31. The number of benzene rings is 1. The lowest BCUT2D eigenvalue weighted by Crippen LogP contribution is -2.40. The van der Waals surface area contributed by atoms with E-state index in [-0.39, 0.29) is 5.91 Å². The topological polar surface area (TPSA) is 75.2 Å². The van der Waals surface area contributed by atoms with E-state index in [4.69, 9.17) is 9.47 Å². The van der Waals surface area contributed by atoms with E-state index in [2.05, 4.69) is 15.6 Å². The highest BCUT2D eigenvalue weighted by Crippen LogP contribution is 2.28. The molecule has 2 N–H and O–H groups in total. The fraction of sp³-hybridized carbons (Fsp3) is 0.579. The van der Waals surface area contributed by atoms with E-state index in [0.29, 0.717) is 32.1 Å². The molecule has 1 aromatic rings. The van der Waals surface area contributed by atoms with Crippen molar-refractivity contribution in [2.45, 2.75) is 26.7 Å². The summed E-state index contributed by atoms with van der Waals surface area (Å²) in [5.41, 5.74) is 1.16. The second-order valence-corrected chi connectivity index (χ2v) is 5.86. The summed E-state index contributed by atoms with van der Waals surface area (Å²) in [6, 6.07) is 6.01. The van der Waals surface area contributed by atoms with Crippen molar-refractivity contribution in [3.63, 3.8) is 0 Å². The summed E-state index contributed by atoms with van der Waals surface area (Å²) in [5.74, 6) is 2.32. The average molecular weight is 364 g/mol. The van der Waals surface area contributed by atoms with Crippen LogP contribution in [0, 0.1) is 0 Å². The molecule has 7 nitrogen and oxygen atoms in total. The number of rotatable bonds is 10. The zero-order chi connectivity index (χ0) is 19.4. The number of ether oxygens (including phenoxy) is 2. The molecule has 0 aliphatic carbocycles. The quantitative estimate of drug-likeness (QED) is 0.488. The number of carbonyl (C=O) groups excluding carboxylic acids is 1. The third kappa shape index (κ3) is 7.63. The van der Waals surface area contributed by atoms with Gasteiger partial charge in [0.2, 0.25) is 5.91 Å². The van der Waals surface area contributed by atoms with E-state index in [0.717, 1.165) is 30.0 Å². The first-order valence-corrected chi connectivity index (χ1v) is 9.05. The minimum atomic E-state index is 0.0887. The second kappa shape index (κ2) is 12.0. The van der Waals surface area contributed by atoms with Crippen LogP contribution < -0.4 is 20.1 Å². The predicted molar refractivity (Wildman–Crippen MR) is 105 cm³/mol. The van der Waals surface area contributed by atoms with Crippen LogP contribution in [-0.4, -0.2) is 64.2 Å². The highest BCUT2D eigenvalue weighted by molar-refractivity contribution is 5.81. The first kappa shape index (κ1) is 21.6. The zero-order valence-corrected chi connectivity index (χ0v) is 16.6. The molecule has 26 heavy (non-hydrogen) atoms. The van der Waals surface area contributed by atoms with Gasteiger partial charge in [-0.15, -0.1) is 0 Å². The van der Waals surface area contributed by atoms with Gasteiger partial charge in [0, 0.05) is 40.7 Å². The largest absolute Gasteiger partial charge is 0.490 e. The number of hydrogen-bond donors (Lipinski definition) is 2. The first-order chi connectivity index (χ1) is 12.5. The molecule has 0 saturated carbocycles. The van der Waals surface area contributed by atoms with E-state index in [1.54, 1.807) is 26.0 Å². The molecule has 0 heterocycles. The monoisotopic (exact) mass is 364 g/mol. The van der Waals surface area contributed by atoms with Crippen LogP contribution in [0.4, 0.5) is 0 Å². The predicted octanol–water partition coefficient (Wildman–Crippen LogP) is 1.67. The van der Waals surface area contributed by atoms with Crippen LogP contribution in [-0.2, 0) is 11.2 Å². The summed E-state index contributed by atoms with van der Waals surface area (Å²) < 4.78 is 11.2. The molecule has 0 spiro atoms. The molecule has 0 aliphatic rings. The smallest absolute Gasteiger partial charge is 0.223 e. The Balaban J connectivity index is 2.47. The van der Waals surface area contributed by atoms with Gasteiger partial charge in [-0.25, -0.2) is 0 Å². The van der Waals surface area contributed by atoms with Gasteiger partial charge in [0.1, 0.15) is 0 Å². The molecule has 0 saturated heterocycles. The molecule has 0 aliphatic heterocycles.